The number of allylic oxidation sites excluding steroid dienone is 2. The summed E-state index contributed by atoms with van der Waals surface area (Å²) < 4.78 is 6.38. The number of epoxide rings is 1. The predicted molar refractivity (Wildman–Crippen MR) is 187 cm³/mol. The Morgan fingerprint density at radius 1 is 1.04 bits per heavy atom. The Hall–Kier alpha value is -2.56. The zero-order chi connectivity index (χ0) is 35.5. The molecule has 8 rings (SSSR count). The molecule has 272 valence electrons. The van der Waals surface area contributed by atoms with E-state index in [9.17, 15) is 35.1 Å². The largest absolute Gasteiger partial charge is 0.508 e. The standard InChI is InChI=1S/C41H55NO8/c1-22(2)23(3)36-37(50-36)40(48)11-5-7-25-17-28-29(19-31(44)30-20-32(45)33(46)21-38(28,30)4)41(49)13-10-34(40)39(25,41)12-9-24-15-26(18-27(43)16-24)42-14-6-8-35(42)47/h5,7,15-16,18-19,22-23,25,28,30,32-34,36-37,43,45-46,48-49H,6,8-14,17,20-21H2,1-4H3/t23-,25-,28+,30+,32-,33+,34+,36+,37-,38-,39-,40-,41-/m1/s1. The van der Waals surface area contributed by atoms with Crippen molar-refractivity contribution in [2.75, 3.05) is 11.4 Å². The van der Waals surface area contributed by atoms with Crippen LogP contribution in [-0.4, -0.2) is 79.4 Å². The Morgan fingerprint density at radius 3 is 2.54 bits per heavy atom. The second-order valence-corrected chi connectivity index (χ2v) is 17.8. The molecule has 5 aliphatic carbocycles. The summed E-state index contributed by atoms with van der Waals surface area (Å²) in [6.45, 7) is 9.20. The lowest BCUT2D eigenvalue weighted by molar-refractivity contribution is -0.182. The van der Waals surface area contributed by atoms with Gasteiger partial charge in [0.25, 0.3) is 0 Å². The van der Waals surface area contributed by atoms with Crippen LogP contribution in [0.25, 0.3) is 0 Å². The van der Waals surface area contributed by atoms with Crippen molar-refractivity contribution in [2.24, 2.45) is 46.3 Å². The van der Waals surface area contributed by atoms with Crippen LogP contribution in [0.1, 0.15) is 91.0 Å². The summed E-state index contributed by atoms with van der Waals surface area (Å²) in [6.07, 6.45) is 8.44. The lowest BCUT2D eigenvalue weighted by Gasteiger charge is -2.63. The number of ketones is 1. The van der Waals surface area contributed by atoms with E-state index in [0.717, 1.165) is 17.6 Å². The number of carbonyl (C=O) groups excluding carboxylic acids is 2. The van der Waals surface area contributed by atoms with Gasteiger partial charge in [-0.3, -0.25) is 9.59 Å². The van der Waals surface area contributed by atoms with E-state index in [1.165, 1.54) is 0 Å². The summed E-state index contributed by atoms with van der Waals surface area (Å²) in [5.74, 6) is -0.415. The van der Waals surface area contributed by atoms with Gasteiger partial charge in [0.05, 0.1) is 23.9 Å². The number of ether oxygens (including phenoxy) is 1. The minimum Gasteiger partial charge on any atom is -0.508 e. The van der Waals surface area contributed by atoms with E-state index in [0.29, 0.717) is 63.1 Å². The molecule has 5 N–H and O–H groups in total. The predicted octanol–water partition coefficient (Wildman–Crippen LogP) is 4.61. The Kier molecular flexibility index (Phi) is 8.09. The Balaban J connectivity index is 1.23. The molecule has 2 heterocycles. The van der Waals surface area contributed by atoms with Gasteiger partial charge in [-0.05, 0) is 116 Å². The minimum atomic E-state index is -1.41. The molecule has 50 heavy (non-hydrogen) atoms. The van der Waals surface area contributed by atoms with E-state index < -0.39 is 40.2 Å². The fourth-order valence-corrected chi connectivity index (χ4v) is 12.2. The van der Waals surface area contributed by atoms with Crippen molar-refractivity contribution in [3.05, 3.63) is 47.6 Å². The second kappa shape index (κ2) is 11.7. The number of aliphatic hydroxyl groups excluding tert-OH is 2. The summed E-state index contributed by atoms with van der Waals surface area (Å²) in [6, 6.07) is 5.34. The number of anilines is 1. The first-order chi connectivity index (χ1) is 23.6. The number of carbonyl (C=O) groups is 2. The maximum atomic E-state index is 14.0. The lowest BCUT2D eigenvalue weighted by atomic mass is 9.42. The molecule has 0 aromatic heterocycles. The van der Waals surface area contributed by atoms with E-state index in [1.54, 1.807) is 23.1 Å². The molecule has 7 aliphatic rings. The molecule has 13 atom stereocenters. The maximum Gasteiger partial charge on any atom is 0.227 e. The van der Waals surface area contributed by atoms with Gasteiger partial charge in [0, 0.05) is 42.0 Å². The van der Waals surface area contributed by atoms with Gasteiger partial charge < -0.3 is 35.2 Å². The number of fused-ring (bicyclic) bond motifs is 4. The van der Waals surface area contributed by atoms with Gasteiger partial charge in [-0.25, -0.2) is 0 Å². The summed E-state index contributed by atoms with van der Waals surface area (Å²) in [4.78, 5) is 28.4. The quantitative estimate of drug-likeness (QED) is 0.206. The molecule has 0 radical (unpaired) electrons. The van der Waals surface area contributed by atoms with Crippen LogP contribution in [0, 0.1) is 46.3 Å². The summed E-state index contributed by atoms with van der Waals surface area (Å²) in [7, 11) is 0. The monoisotopic (exact) mass is 689 g/mol. The molecular formula is C41H55NO8. The van der Waals surface area contributed by atoms with Crippen molar-refractivity contribution in [3.63, 3.8) is 0 Å². The van der Waals surface area contributed by atoms with Crippen molar-refractivity contribution >= 4 is 17.4 Å². The van der Waals surface area contributed by atoms with Crippen LogP contribution >= 0.6 is 0 Å². The van der Waals surface area contributed by atoms with Crippen LogP contribution < -0.4 is 4.90 Å². The molecule has 2 saturated heterocycles. The number of rotatable bonds is 7. The smallest absolute Gasteiger partial charge is 0.227 e. The van der Waals surface area contributed by atoms with Crippen molar-refractivity contribution < 1.29 is 39.9 Å². The number of hydrogen-bond donors (Lipinski definition) is 5. The van der Waals surface area contributed by atoms with Crippen molar-refractivity contribution in [1.82, 2.24) is 0 Å². The Bertz CT molecular complexity index is 1640. The normalized spacial score (nSPS) is 45.5. The van der Waals surface area contributed by atoms with Gasteiger partial charge in [0.15, 0.2) is 5.78 Å². The number of nitrogens with zero attached hydrogens (tertiary/aromatic N) is 1. The molecule has 2 aliphatic heterocycles. The van der Waals surface area contributed by atoms with Crippen LogP contribution in [0.4, 0.5) is 5.69 Å². The number of phenolic OH excluding ortho intramolecular Hbond substituents is 1. The van der Waals surface area contributed by atoms with Gasteiger partial charge in [0.2, 0.25) is 5.91 Å². The summed E-state index contributed by atoms with van der Waals surface area (Å²) >= 11 is 0. The zero-order valence-corrected chi connectivity index (χ0v) is 29.9. The Morgan fingerprint density at radius 2 is 1.82 bits per heavy atom. The molecule has 9 nitrogen and oxygen atoms in total. The summed E-state index contributed by atoms with van der Waals surface area (Å²) in [5, 5.41) is 58.9. The fraction of sp³-hybridized carbons (Fsp3) is 0.707. The second-order valence-electron chi connectivity index (χ2n) is 17.8. The van der Waals surface area contributed by atoms with Crippen LogP contribution in [0.5, 0.6) is 5.75 Å². The van der Waals surface area contributed by atoms with Gasteiger partial charge in [-0.2, -0.15) is 0 Å². The summed E-state index contributed by atoms with van der Waals surface area (Å²) in [5.41, 5.74) is -1.85. The van der Waals surface area contributed by atoms with Crippen LogP contribution in [0.15, 0.2) is 42.0 Å². The number of phenols is 1. The third kappa shape index (κ3) is 4.82. The average molecular weight is 690 g/mol. The topological polar surface area (TPSA) is 151 Å². The molecule has 0 spiro atoms. The van der Waals surface area contributed by atoms with Gasteiger partial charge in [-0.1, -0.05) is 39.8 Å². The molecule has 1 aromatic carbocycles. The number of aliphatic hydroxyl groups is 4. The van der Waals surface area contributed by atoms with Crippen LogP contribution in [0.2, 0.25) is 0 Å². The van der Waals surface area contributed by atoms with E-state index in [4.69, 9.17) is 4.74 Å². The van der Waals surface area contributed by atoms with Crippen molar-refractivity contribution in [2.45, 2.75) is 128 Å². The first-order valence-corrected chi connectivity index (χ1v) is 19.2. The highest BCUT2D eigenvalue weighted by molar-refractivity contribution is 5.96. The first-order valence-electron chi connectivity index (χ1n) is 19.2. The maximum absolute atomic E-state index is 14.0. The van der Waals surface area contributed by atoms with Gasteiger partial charge in [0.1, 0.15) is 17.5 Å². The molecule has 3 saturated carbocycles. The number of aromatic hydroxyl groups is 1. The SMILES string of the molecule is CC(C)[C@@H](C)[C@@H]1O[C@H]1[C@@]1(O)CC=C[C@@H]2C[C@H]3C(=CC(=O)[C@@H]4C[C@@H](O)[C@@H](O)C[C@@]43C)[C@]3(O)CC[C@H]1[C@@]23CCc1cc(O)cc(N2CCCC2=O)c1. The number of hydrogen-bond acceptors (Lipinski definition) is 8. The zero-order valence-electron chi connectivity index (χ0n) is 29.9. The van der Waals surface area contributed by atoms with E-state index >= 15 is 0 Å². The fourth-order valence-electron chi connectivity index (χ4n) is 12.2. The number of amides is 1. The van der Waals surface area contributed by atoms with Crippen LogP contribution in [0.3, 0.4) is 0 Å². The molecule has 0 unspecified atom stereocenters. The number of benzene rings is 1. The van der Waals surface area contributed by atoms with Gasteiger partial charge in [-0.15, -0.1) is 0 Å². The minimum absolute atomic E-state index is 0.0421. The molecule has 5 fully saturated rings. The Labute approximate surface area is 295 Å². The first kappa shape index (κ1) is 34.5. The third-order valence-corrected chi connectivity index (χ3v) is 15.2. The van der Waals surface area contributed by atoms with Crippen molar-refractivity contribution in [3.8, 4) is 5.75 Å². The average Bonchev–Trinajstić information content (AvgIpc) is 3.68. The lowest BCUT2D eigenvalue weighted by Crippen LogP contribution is -2.66. The molecule has 1 aromatic rings. The highest BCUT2D eigenvalue weighted by atomic mass is 16.6. The van der Waals surface area contributed by atoms with Crippen LogP contribution in [-0.2, 0) is 20.7 Å². The van der Waals surface area contributed by atoms with Gasteiger partial charge >= 0.3 is 0 Å². The van der Waals surface area contributed by atoms with E-state index in [2.05, 4.69) is 39.8 Å². The van der Waals surface area contributed by atoms with Crippen molar-refractivity contribution in [1.29, 1.82) is 0 Å². The highest BCUT2D eigenvalue weighted by Gasteiger charge is 2.75. The molecule has 0 bridgehead atoms. The third-order valence-electron chi connectivity index (χ3n) is 15.2. The molecule has 9 heteroatoms. The highest BCUT2D eigenvalue weighted by Crippen LogP contribution is 2.73. The molecular weight excluding hydrogens is 634 g/mol. The van der Waals surface area contributed by atoms with E-state index in [1.807, 2.05) is 6.07 Å². The number of aryl methyl sites for hydroxylation is 1. The van der Waals surface area contributed by atoms with E-state index in [-0.39, 0.29) is 66.2 Å². The molecule has 1 amide bonds.